The van der Waals surface area contributed by atoms with Crippen molar-refractivity contribution in [3.8, 4) is 0 Å². The zero-order chi connectivity index (χ0) is 18.3. The van der Waals surface area contributed by atoms with E-state index in [0.717, 1.165) is 0 Å². The van der Waals surface area contributed by atoms with E-state index in [4.69, 9.17) is 9.47 Å². The molecule has 7 rings (SSSR count). The Labute approximate surface area is 163 Å². The molecular formula is C21H15BrO5. The van der Waals surface area contributed by atoms with Gasteiger partial charge in [-0.3, -0.25) is 14.4 Å². The van der Waals surface area contributed by atoms with Crippen molar-refractivity contribution in [2.24, 2.45) is 35.0 Å². The number of rotatable bonds is 0. The van der Waals surface area contributed by atoms with Crippen LogP contribution >= 0.6 is 15.9 Å². The molecule has 1 saturated heterocycles. The lowest BCUT2D eigenvalue weighted by Gasteiger charge is -2.37. The third-order valence-corrected chi connectivity index (χ3v) is 9.30. The Morgan fingerprint density at radius 2 is 1.59 bits per heavy atom. The van der Waals surface area contributed by atoms with Gasteiger partial charge in [-0.25, -0.2) is 0 Å². The van der Waals surface area contributed by atoms with Crippen molar-refractivity contribution in [1.82, 2.24) is 0 Å². The van der Waals surface area contributed by atoms with Gasteiger partial charge in [-0.2, -0.15) is 0 Å². The highest BCUT2D eigenvalue weighted by molar-refractivity contribution is 9.10. The van der Waals surface area contributed by atoms with E-state index >= 15 is 0 Å². The second kappa shape index (κ2) is 4.19. The first-order valence-corrected chi connectivity index (χ1v) is 10.2. The van der Waals surface area contributed by atoms with E-state index in [1.807, 2.05) is 12.2 Å². The smallest absolute Gasteiger partial charge is 0.194 e. The van der Waals surface area contributed by atoms with Crippen LogP contribution < -0.4 is 0 Å². The largest absolute Gasteiger partial charge is 0.345 e. The van der Waals surface area contributed by atoms with Crippen LogP contribution in [0.3, 0.4) is 0 Å². The molecule has 3 saturated carbocycles. The summed E-state index contributed by atoms with van der Waals surface area (Å²) in [6, 6.07) is 6.95. The molecule has 27 heavy (non-hydrogen) atoms. The van der Waals surface area contributed by atoms with E-state index in [2.05, 4.69) is 15.9 Å². The van der Waals surface area contributed by atoms with Crippen LogP contribution in [-0.4, -0.2) is 40.7 Å². The van der Waals surface area contributed by atoms with E-state index in [0.29, 0.717) is 24.3 Å². The van der Waals surface area contributed by atoms with Crippen molar-refractivity contribution in [2.45, 2.75) is 10.1 Å². The summed E-state index contributed by atoms with van der Waals surface area (Å²) < 4.78 is 11.4. The molecule has 0 unspecified atom stereocenters. The minimum atomic E-state index is -1.19. The van der Waals surface area contributed by atoms with Crippen molar-refractivity contribution < 1.29 is 23.9 Å². The summed E-state index contributed by atoms with van der Waals surface area (Å²) in [5.74, 6) is -2.54. The summed E-state index contributed by atoms with van der Waals surface area (Å²) in [5, 5.41) is 0. The number of benzene rings is 1. The highest BCUT2D eigenvalue weighted by Gasteiger charge is 2.91. The van der Waals surface area contributed by atoms with Crippen LogP contribution in [0.25, 0.3) is 0 Å². The Morgan fingerprint density at radius 1 is 0.963 bits per heavy atom. The van der Waals surface area contributed by atoms with Crippen LogP contribution in [-0.2, 0) is 14.3 Å². The Morgan fingerprint density at radius 3 is 2.22 bits per heavy atom. The zero-order valence-electron chi connectivity index (χ0n) is 14.2. The van der Waals surface area contributed by atoms with E-state index in [9.17, 15) is 14.4 Å². The van der Waals surface area contributed by atoms with Crippen LogP contribution in [0.1, 0.15) is 20.7 Å². The van der Waals surface area contributed by atoms with Crippen LogP contribution in [0.5, 0.6) is 0 Å². The summed E-state index contributed by atoms with van der Waals surface area (Å²) in [6.07, 6.45) is 4.05. The van der Waals surface area contributed by atoms with Gasteiger partial charge in [0.05, 0.1) is 13.2 Å². The maximum atomic E-state index is 13.4. The summed E-state index contributed by atoms with van der Waals surface area (Å²) >= 11 is 3.87. The van der Waals surface area contributed by atoms with Gasteiger partial charge >= 0.3 is 0 Å². The van der Waals surface area contributed by atoms with Crippen molar-refractivity contribution >= 4 is 33.3 Å². The minimum Gasteiger partial charge on any atom is -0.345 e. The highest BCUT2D eigenvalue weighted by Crippen LogP contribution is 2.82. The molecule has 6 heteroatoms. The number of carbonyl (C=O) groups is 3. The summed E-state index contributed by atoms with van der Waals surface area (Å²) in [7, 11) is 0. The molecule has 2 bridgehead atoms. The molecule has 6 aliphatic rings. The SMILES string of the molecule is O=C1[C@H]2[C@@H]([C@@H]3[C@H]1C31C(=O)c3ccccc3C1=O)[C@@]1(Br)C=C[C@@H]2C12OCCO2. The van der Waals surface area contributed by atoms with Gasteiger partial charge in [0.1, 0.15) is 15.5 Å². The molecule has 2 spiro atoms. The topological polar surface area (TPSA) is 69.7 Å². The fourth-order valence-electron chi connectivity index (χ4n) is 7.13. The molecule has 5 nitrogen and oxygen atoms in total. The monoisotopic (exact) mass is 426 g/mol. The number of ketones is 3. The predicted octanol–water partition coefficient (Wildman–Crippen LogP) is 2.19. The molecule has 5 aliphatic carbocycles. The molecule has 1 aromatic carbocycles. The molecule has 0 radical (unpaired) electrons. The van der Waals surface area contributed by atoms with Crippen LogP contribution in [0.2, 0.25) is 0 Å². The van der Waals surface area contributed by atoms with Crippen molar-refractivity contribution in [2.75, 3.05) is 13.2 Å². The Kier molecular flexibility index (Phi) is 2.38. The quantitative estimate of drug-likeness (QED) is 0.361. The lowest BCUT2D eigenvalue weighted by atomic mass is 9.75. The zero-order valence-corrected chi connectivity index (χ0v) is 15.8. The third-order valence-electron chi connectivity index (χ3n) is 7.95. The Balaban J connectivity index is 1.40. The Hall–Kier alpha value is -1.63. The molecular weight excluding hydrogens is 412 g/mol. The van der Waals surface area contributed by atoms with Crippen LogP contribution in [0, 0.1) is 35.0 Å². The molecule has 1 aliphatic heterocycles. The van der Waals surface area contributed by atoms with Gasteiger partial charge in [-0.05, 0) is 11.8 Å². The van der Waals surface area contributed by atoms with Gasteiger partial charge in [-0.15, -0.1) is 0 Å². The molecule has 0 N–H and O–H groups in total. The fourth-order valence-corrected chi connectivity index (χ4v) is 8.35. The molecule has 136 valence electrons. The molecule has 4 fully saturated rings. The number of hydrogen-bond donors (Lipinski definition) is 0. The number of hydrogen-bond acceptors (Lipinski definition) is 5. The Bertz CT molecular complexity index is 986. The first-order valence-electron chi connectivity index (χ1n) is 9.39. The van der Waals surface area contributed by atoms with Crippen molar-refractivity contribution in [3.05, 3.63) is 47.5 Å². The third kappa shape index (κ3) is 1.24. The fraction of sp³-hybridized carbons (Fsp3) is 0.476. The second-order valence-corrected chi connectivity index (χ2v) is 9.86. The van der Waals surface area contributed by atoms with Gasteiger partial charge in [-0.1, -0.05) is 52.3 Å². The number of halogens is 1. The van der Waals surface area contributed by atoms with Gasteiger partial charge in [0, 0.05) is 28.9 Å². The van der Waals surface area contributed by atoms with E-state index in [-0.39, 0.29) is 41.0 Å². The number of carbonyl (C=O) groups excluding carboxylic acids is 3. The average Bonchev–Trinajstić information content (AvgIpc) is 3.08. The van der Waals surface area contributed by atoms with E-state index < -0.39 is 21.4 Å². The van der Waals surface area contributed by atoms with Crippen molar-refractivity contribution in [1.29, 1.82) is 0 Å². The molecule has 1 aromatic rings. The molecule has 1 heterocycles. The highest BCUT2D eigenvalue weighted by atomic mass is 79.9. The second-order valence-electron chi connectivity index (χ2n) is 8.55. The van der Waals surface area contributed by atoms with Crippen LogP contribution in [0.4, 0.5) is 0 Å². The first kappa shape index (κ1) is 15.3. The lowest BCUT2D eigenvalue weighted by molar-refractivity contribution is -0.179. The molecule has 6 atom stereocenters. The average molecular weight is 427 g/mol. The summed E-state index contributed by atoms with van der Waals surface area (Å²) in [5.41, 5.74) is -0.265. The summed E-state index contributed by atoms with van der Waals surface area (Å²) in [6.45, 7) is 0.976. The first-order chi connectivity index (χ1) is 13.0. The summed E-state index contributed by atoms with van der Waals surface area (Å²) in [4.78, 5) is 40.0. The minimum absolute atomic E-state index is 0.0358. The van der Waals surface area contributed by atoms with E-state index in [1.165, 1.54) is 0 Å². The van der Waals surface area contributed by atoms with Crippen LogP contribution in [0.15, 0.2) is 36.4 Å². The lowest BCUT2D eigenvalue weighted by Crippen LogP contribution is -2.49. The predicted molar refractivity (Wildman–Crippen MR) is 95.4 cm³/mol. The van der Waals surface area contributed by atoms with Gasteiger partial charge in [0.2, 0.25) is 0 Å². The van der Waals surface area contributed by atoms with Crippen molar-refractivity contribution in [3.63, 3.8) is 0 Å². The standard InChI is InChI=1S/C21H15BrO5/c22-19-6-5-11(21(19)26-7-8-27-21)12-13(19)14-15(16(12)23)20(14)17(24)9-3-1-2-4-10(9)18(20)25/h1-6,11-15H,7-8H2/t11-,12+,13-,14+,15+,19-/m0/s1. The number of Topliss-reactive ketones (excluding diaryl/α,β-unsaturated/α-hetero) is 3. The number of alkyl halides is 1. The molecule has 0 aromatic heterocycles. The maximum Gasteiger partial charge on any atom is 0.194 e. The number of fused-ring (bicyclic) bond motifs is 8. The molecule has 0 amide bonds. The van der Waals surface area contributed by atoms with E-state index in [1.54, 1.807) is 24.3 Å². The number of ether oxygens (including phenoxy) is 2. The van der Waals surface area contributed by atoms with Gasteiger partial charge in [0.25, 0.3) is 0 Å². The normalized spacial score (nSPS) is 45.8. The maximum absolute atomic E-state index is 13.4. The van der Waals surface area contributed by atoms with Gasteiger partial charge < -0.3 is 9.47 Å². The van der Waals surface area contributed by atoms with Gasteiger partial charge in [0.15, 0.2) is 17.4 Å².